The van der Waals surface area contributed by atoms with Gasteiger partial charge in [0.25, 0.3) is 10.9 Å². The monoisotopic (exact) mass is 280 g/mol. The first-order valence-corrected chi connectivity index (χ1v) is 6.40. The van der Waals surface area contributed by atoms with E-state index in [4.69, 9.17) is 4.42 Å². The van der Waals surface area contributed by atoms with E-state index in [9.17, 15) is 10.1 Å². The summed E-state index contributed by atoms with van der Waals surface area (Å²) in [5.74, 6) is 0.461. The molecule has 19 heavy (non-hydrogen) atoms. The Bertz CT molecular complexity index is 599. The van der Waals surface area contributed by atoms with E-state index in [1.54, 1.807) is 6.92 Å². The van der Waals surface area contributed by atoms with E-state index in [1.807, 2.05) is 6.92 Å². The van der Waals surface area contributed by atoms with Crippen LogP contribution in [0.5, 0.6) is 0 Å². The van der Waals surface area contributed by atoms with Crippen LogP contribution in [0.25, 0.3) is 0 Å². The topological polar surface area (TPSA) is 94.1 Å². The van der Waals surface area contributed by atoms with Crippen LogP contribution in [-0.4, -0.2) is 21.4 Å². The average Bonchev–Trinajstić information content (AvgIpc) is 2.75. The molecule has 0 unspecified atom stereocenters. The van der Waals surface area contributed by atoms with Crippen molar-refractivity contribution in [2.75, 3.05) is 11.9 Å². The molecular formula is C11H12N4O3S. The summed E-state index contributed by atoms with van der Waals surface area (Å²) in [6.45, 7) is 4.33. The largest absolute Gasteiger partial charge is 0.439 e. The summed E-state index contributed by atoms with van der Waals surface area (Å²) in [4.78, 5) is 18.8. The van der Waals surface area contributed by atoms with Crippen LogP contribution in [0.4, 0.5) is 11.5 Å². The Labute approximate surface area is 113 Å². The molecule has 0 aliphatic rings. The zero-order valence-electron chi connectivity index (χ0n) is 10.4. The van der Waals surface area contributed by atoms with Gasteiger partial charge >= 0.3 is 0 Å². The van der Waals surface area contributed by atoms with E-state index in [2.05, 4.69) is 15.3 Å². The normalized spacial score (nSPS) is 10.4. The summed E-state index contributed by atoms with van der Waals surface area (Å²) in [5, 5.41) is 14.7. The van der Waals surface area contributed by atoms with Crippen LogP contribution >= 0.6 is 11.8 Å². The number of hydrogen-bond acceptors (Lipinski definition) is 7. The molecule has 0 aliphatic carbocycles. The minimum Gasteiger partial charge on any atom is -0.439 e. The fraction of sp³-hybridized carbons (Fsp3) is 0.273. The van der Waals surface area contributed by atoms with Crippen LogP contribution in [0.15, 0.2) is 33.1 Å². The number of anilines is 1. The van der Waals surface area contributed by atoms with Gasteiger partial charge in [-0.1, -0.05) is 0 Å². The predicted molar refractivity (Wildman–Crippen MR) is 70.4 cm³/mol. The number of pyridine rings is 1. The standard InChI is InChI=1S/C11H12N4O3S/c1-3-12-9-4-8(15(16)17)5-10(14-9)19-11-13-7(2)6-18-11/h4-6H,3H2,1-2H3,(H,12,14). The number of aryl methyl sites for hydroxylation is 1. The molecule has 0 saturated carbocycles. The van der Waals surface area contributed by atoms with E-state index in [1.165, 1.54) is 18.4 Å². The molecule has 100 valence electrons. The van der Waals surface area contributed by atoms with Crippen LogP contribution in [-0.2, 0) is 0 Å². The van der Waals surface area contributed by atoms with Gasteiger partial charge in [0.2, 0.25) is 0 Å². The molecule has 2 heterocycles. The van der Waals surface area contributed by atoms with Gasteiger partial charge in [-0.25, -0.2) is 9.97 Å². The zero-order chi connectivity index (χ0) is 13.8. The van der Waals surface area contributed by atoms with Crippen molar-refractivity contribution < 1.29 is 9.34 Å². The summed E-state index contributed by atoms with van der Waals surface area (Å²) < 4.78 is 5.19. The molecule has 0 aromatic carbocycles. The highest BCUT2D eigenvalue weighted by Gasteiger charge is 2.13. The maximum Gasteiger partial charge on any atom is 0.275 e. The maximum absolute atomic E-state index is 10.9. The van der Waals surface area contributed by atoms with Crippen LogP contribution in [0.1, 0.15) is 12.6 Å². The molecule has 0 amide bonds. The zero-order valence-corrected chi connectivity index (χ0v) is 11.2. The molecule has 8 heteroatoms. The third kappa shape index (κ3) is 3.44. The Kier molecular flexibility index (Phi) is 4.00. The minimum atomic E-state index is -0.451. The molecule has 2 rings (SSSR count). The molecule has 0 aliphatic heterocycles. The second kappa shape index (κ2) is 5.70. The molecular weight excluding hydrogens is 268 g/mol. The van der Waals surface area contributed by atoms with Gasteiger partial charge in [0, 0.05) is 12.6 Å². The van der Waals surface area contributed by atoms with E-state index in [0.29, 0.717) is 22.6 Å². The van der Waals surface area contributed by atoms with Crippen molar-refractivity contribution in [2.24, 2.45) is 0 Å². The van der Waals surface area contributed by atoms with Gasteiger partial charge in [0.15, 0.2) is 0 Å². The van der Waals surface area contributed by atoms with Crippen molar-refractivity contribution in [1.82, 2.24) is 9.97 Å². The van der Waals surface area contributed by atoms with E-state index < -0.39 is 4.92 Å². The summed E-state index contributed by atoms with van der Waals surface area (Å²) in [7, 11) is 0. The molecule has 7 nitrogen and oxygen atoms in total. The third-order valence-corrected chi connectivity index (χ3v) is 2.93. The van der Waals surface area contributed by atoms with Gasteiger partial charge in [0.05, 0.1) is 16.7 Å². The van der Waals surface area contributed by atoms with Crippen molar-refractivity contribution in [3.05, 3.63) is 34.2 Å². The number of rotatable bonds is 5. The van der Waals surface area contributed by atoms with Crippen LogP contribution in [0.2, 0.25) is 0 Å². The van der Waals surface area contributed by atoms with Gasteiger partial charge < -0.3 is 9.73 Å². The highest BCUT2D eigenvalue weighted by Crippen LogP contribution is 2.29. The molecule has 2 aromatic rings. The van der Waals surface area contributed by atoms with E-state index in [0.717, 1.165) is 17.5 Å². The third-order valence-electron chi connectivity index (χ3n) is 2.15. The van der Waals surface area contributed by atoms with E-state index in [-0.39, 0.29) is 5.69 Å². The fourth-order valence-electron chi connectivity index (χ4n) is 1.39. The van der Waals surface area contributed by atoms with Gasteiger partial charge in [-0.2, -0.15) is 0 Å². The van der Waals surface area contributed by atoms with Crippen molar-refractivity contribution >= 4 is 23.3 Å². The number of nitrogens with zero attached hydrogens (tertiary/aromatic N) is 3. The number of aromatic nitrogens is 2. The number of nitro groups is 1. The quantitative estimate of drug-likeness (QED) is 0.664. The lowest BCUT2D eigenvalue weighted by Crippen LogP contribution is -2.01. The van der Waals surface area contributed by atoms with Crippen molar-refractivity contribution in [3.63, 3.8) is 0 Å². The Morgan fingerprint density at radius 1 is 1.47 bits per heavy atom. The molecule has 0 radical (unpaired) electrons. The van der Waals surface area contributed by atoms with Crippen LogP contribution < -0.4 is 5.32 Å². The van der Waals surface area contributed by atoms with Crippen LogP contribution in [0, 0.1) is 17.0 Å². The van der Waals surface area contributed by atoms with Gasteiger partial charge in [-0.15, -0.1) is 0 Å². The lowest BCUT2D eigenvalue weighted by Gasteiger charge is -2.04. The summed E-state index contributed by atoms with van der Waals surface area (Å²) in [5.41, 5.74) is 0.733. The number of nitrogens with one attached hydrogen (secondary N) is 1. The van der Waals surface area contributed by atoms with Crippen molar-refractivity contribution in [2.45, 2.75) is 24.1 Å². The molecule has 0 atom stereocenters. The number of hydrogen-bond donors (Lipinski definition) is 1. The molecule has 0 saturated heterocycles. The summed E-state index contributed by atoms with van der Waals surface area (Å²) in [6, 6.07) is 2.79. The van der Waals surface area contributed by atoms with Crippen molar-refractivity contribution in [3.8, 4) is 0 Å². The lowest BCUT2D eigenvalue weighted by molar-refractivity contribution is -0.385. The average molecular weight is 280 g/mol. The minimum absolute atomic E-state index is 0.0169. The van der Waals surface area contributed by atoms with Gasteiger partial charge in [0.1, 0.15) is 17.1 Å². The smallest absolute Gasteiger partial charge is 0.275 e. The Morgan fingerprint density at radius 2 is 2.26 bits per heavy atom. The fourth-order valence-corrected chi connectivity index (χ4v) is 2.18. The number of oxazole rings is 1. The van der Waals surface area contributed by atoms with Crippen LogP contribution in [0.3, 0.4) is 0 Å². The molecule has 1 N–H and O–H groups in total. The SMILES string of the molecule is CCNc1cc([N+](=O)[O-])cc(Sc2nc(C)co2)n1. The molecule has 0 spiro atoms. The molecule has 2 aromatic heterocycles. The second-order valence-electron chi connectivity index (χ2n) is 3.69. The Balaban J connectivity index is 2.30. The van der Waals surface area contributed by atoms with Gasteiger partial charge in [-0.3, -0.25) is 10.1 Å². The summed E-state index contributed by atoms with van der Waals surface area (Å²) >= 11 is 1.15. The predicted octanol–water partition coefficient (Wildman–Crippen LogP) is 2.87. The summed E-state index contributed by atoms with van der Waals surface area (Å²) in [6.07, 6.45) is 1.52. The Morgan fingerprint density at radius 3 is 2.84 bits per heavy atom. The molecule has 0 bridgehead atoms. The first-order chi connectivity index (χ1) is 9.08. The lowest BCUT2D eigenvalue weighted by atomic mass is 10.4. The van der Waals surface area contributed by atoms with E-state index >= 15 is 0 Å². The highest BCUT2D eigenvalue weighted by molar-refractivity contribution is 7.99. The first-order valence-electron chi connectivity index (χ1n) is 5.59. The highest BCUT2D eigenvalue weighted by atomic mass is 32.2. The second-order valence-corrected chi connectivity index (χ2v) is 4.66. The maximum atomic E-state index is 10.9. The molecule has 0 fully saturated rings. The Hall–Kier alpha value is -2.09. The van der Waals surface area contributed by atoms with Gasteiger partial charge in [-0.05, 0) is 25.6 Å². The first kappa shape index (κ1) is 13.3. The van der Waals surface area contributed by atoms with Crippen molar-refractivity contribution in [1.29, 1.82) is 0 Å².